The van der Waals surface area contributed by atoms with Crippen LogP contribution in [0.15, 0.2) is 59.4 Å². The second kappa shape index (κ2) is 9.31. The van der Waals surface area contributed by atoms with Gasteiger partial charge in [-0.05, 0) is 62.6 Å². The second-order valence-electron chi connectivity index (χ2n) is 7.52. The fourth-order valence-electron chi connectivity index (χ4n) is 3.42. The summed E-state index contributed by atoms with van der Waals surface area (Å²) in [7, 11) is 0. The highest BCUT2D eigenvalue weighted by Gasteiger charge is 2.24. The summed E-state index contributed by atoms with van der Waals surface area (Å²) < 4.78 is 6.70. The number of aromatic hydroxyl groups is 1. The van der Waals surface area contributed by atoms with Gasteiger partial charge in [0.15, 0.2) is 5.78 Å². The Morgan fingerprint density at radius 2 is 1.77 bits per heavy atom. The van der Waals surface area contributed by atoms with Crippen LogP contribution in [0.2, 0.25) is 0 Å². The lowest BCUT2D eigenvalue weighted by Gasteiger charge is -2.16. The average molecular weight is 416 g/mol. The predicted octanol–water partition coefficient (Wildman–Crippen LogP) is 3.99. The molecule has 0 radical (unpaired) electrons. The van der Waals surface area contributed by atoms with Gasteiger partial charge in [-0.2, -0.15) is 5.26 Å². The smallest absolute Gasteiger partial charge is 0.271 e. The number of carbonyl (C=O) groups is 1. The number of nitriles is 1. The van der Waals surface area contributed by atoms with E-state index in [-0.39, 0.29) is 29.3 Å². The predicted molar refractivity (Wildman–Crippen MR) is 118 cm³/mol. The van der Waals surface area contributed by atoms with Crippen LogP contribution in [0.1, 0.15) is 46.5 Å². The van der Waals surface area contributed by atoms with Gasteiger partial charge in [0.2, 0.25) is 5.88 Å². The van der Waals surface area contributed by atoms with Crippen LogP contribution in [0.5, 0.6) is 11.6 Å². The van der Waals surface area contributed by atoms with Crippen molar-refractivity contribution in [3.05, 3.63) is 92.8 Å². The molecule has 0 unspecified atom stereocenters. The van der Waals surface area contributed by atoms with Crippen LogP contribution in [0.3, 0.4) is 0 Å². The highest BCUT2D eigenvalue weighted by molar-refractivity contribution is 6.11. The SMILES string of the molecule is Cc1c(C(=O)c2ccc(OC(C)C)cc2)c(O)n(CCc2ccccc2)c(=O)c1C#N. The van der Waals surface area contributed by atoms with E-state index in [0.29, 0.717) is 17.7 Å². The van der Waals surface area contributed by atoms with Crippen LogP contribution in [-0.4, -0.2) is 21.6 Å². The number of aromatic nitrogens is 1. The molecule has 31 heavy (non-hydrogen) atoms. The number of ketones is 1. The molecule has 0 saturated heterocycles. The van der Waals surface area contributed by atoms with Crippen molar-refractivity contribution in [2.24, 2.45) is 0 Å². The fraction of sp³-hybridized carbons (Fsp3) is 0.240. The first-order valence-corrected chi connectivity index (χ1v) is 10.0. The summed E-state index contributed by atoms with van der Waals surface area (Å²) in [6.07, 6.45) is 0.469. The third kappa shape index (κ3) is 4.67. The van der Waals surface area contributed by atoms with Crippen molar-refractivity contribution in [1.29, 1.82) is 5.26 Å². The third-order valence-corrected chi connectivity index (χ3v) is 4.98. The molecule has 0 amide bonds. The third-order valence-electron chi connectivity index (χ3n) is 4.98. The van der Waals surface area contributed by atoms with Crippen molar-refractivity contribution in [2.75, 3.05) is 0 Å². The molecule has 0 aliphatic rings. The Balaban J connectivity index is 2.02. The fourth-order valence-corrected chi connectivity index (χ4v) is 3.42. The molecule has 0 saturated carbocycles. The number of hydrogen-bond donors (Lipinski definition) is 1. The average Bonchev–Trinajstić information content (AvgIpc) is 2.74. The zero-order valence-electron chi connectivity index (χ0n) is 17.8. The van der Waals surface area contributed by atoms with E-state index in [1.807, 2.05) is 50.2 Å². The molecule has 6 heteroatoms. The van der Waals surface area contributed by atoms with Gasteiger partial charge in [-0.15, -0.1) is 0 Å². The standard InChI is InChI=1S/C25H24N2O4/c1-16(2)31-20-11-9-19(10-12-20)23(28)22-17(3)21(15-26)24(29)27(25(22)30)14-13-18-7-5-4-6-8-18/h4-12,16,30H,13-14H2,1-3H3. The molecule has 3 rings (SSSR count). The van der Waals surface area contributed by atoms with Crippen molar-refractivity contribution < 1.29 is 14.6 Å². The molecule has 0 atom stereocenters. The van der Waals surface area contributed by atoms with Crippen LogP contribution in [0, 0.1) is 18.3 Å². The van der Waals surface area contributed by atoms with Crippen LogP contribution in [0.4, 0.5) is 0 Å². The van der Waals surface area contributed by atoms with E-state index in [2.05, 4.69) is 0 Å². The summed E-state index contributed by atoms with van der Waals surface area (Å²) in [5, 5.41) is 20.4. The first-order valence-electron chi connectivity index (χ1n) is 10.0. The lowest BCUT2D eigenvalue weighted by Crippen LogP contribution is -2.27. The summed E-state index contributed by atoms with van der Waals surface area (Å²) >= 11 is 0. The van der Waals surface area contributed by atoms with Gasteiger partial charge in [-0.3, -0.25) is 14.2 Å². The van der Waals surface area contributed by atoms with Gasteiger partial charge in [0.05, 0.1) is 11.7 Å². The molecule has 6 nitrogen and oxygen atoms in total. The first-order chi connectivity index (χ1) is 14.8. The molecule has 2 aromatic carbocycles. The molecule has 0 bridgehead atoms. The largest absolute Gasteiger partial charge is 0.494 e. The number of nitrogens with zero attached hydrogens (tertiary/aromatic N) is 2. The Kier molecular flexibility index (Phi) is 6.56. The number of carbonyl (C=O) groups excluding carboxylic acids is 1. The molecule has 3 aromatic rings. The maximum Gasteiger partial charge on any atom is 0.271 e. The zero-order chi connectivity index (χ0) is 22.5. The van der Waals surface area contributed by atoms with Crippen molar-refractivity contribution in [2.45, 2.75) is 39.8 Å². The molecular weight excluding hydrogens is 392 g/mol. The number of ether oxygens (including phenoxy) is 1. The summed E-state index contributed by atoms with van der Waals surface area (Å²) in [6, 6.07) is 17.9. The van der Waals surface area contributed by atoms with Crippen LogP contribution in [-0.2, 0) is 13.0 Å². The van der Waals surface area contributed by atoms with Gasteiger partial charge in [-0.25, -0.2) is 0 Å². The van der Waals surface area contributed by atoms with Gasteiger partial charge in [0, 0.05) is 12.1 Å². The van der Waals surface area contributed by atoms with Crippen molar-refractivity contribution in [3.63, 3.8) is 0 Å². The number of hydrogen-bond acceptors (Lipinski definition) is 5. The lowest BCUT2D eigenvalue weighted by atomic mass is 9.97. The highest BCUT2D eigenvalue weighted by Crippen LogP contribution is 2.26. The Morgan fingerprint density at radius 3 is 2.35 bits per heavy atom. The number of benzene rings is 2. The summed E-state index contributed by atoms with van der Waals surface area (Å²) in [5.74, 6) is -0.265. The van der Waals surface area contributed by atoms with Gasteiger partial charge >= 0.3 is 0 Å². The molecule has 1 N–H and O–H groups in total. The highest BCUT2D eigenvalue weighted by atomic mass is 16.5. The van der Waals surface area contributed by atoms with E-state index >= 15 is 0 Å². The molecular formula is C25H24N2O4. The summed E-state index contributed by atoms with van der Waals surface area (Å²) in [4.78, 5) is 26.0. The van der Waals surface area contributed by atoms with Gasteiger partial charge in [0.1, 0.15) is 17.4 Å². The quantitative estimate of drug-likeness (QED) is 0.588. The van der Waals surface area contributed by atoms with E-state index in [0.717, 1.165) is 10.1 Å². The maximum absolute atomic E-state index is 13.2. The van der Waals surface area contributed by atoms with E-state index < -0.39 is 17.2 Å². The normalized spacial score (nSPS) is 10.7. The molecule has 0 spiro atoms. The van der Waals surface area contributed by atoms with E-state index in [9.17, 15) is 20.0 Å². The Bertz CT molecular complexity index is 1190. The van der Waals surface area contributed by atoms with E-state index in [4.69, 9.17) is 4.74 Å². The Hall–Kier alpha value is -3.85. The number of rotatable bonds is 7. The summed E-state index contributed by atoms with van der Waals surface area (Å²) in [6.45, 7) is 5.46. The minimum atomic E-state index is -0.606. The second-order valence-corrected chi connectivity index (χ2v) is 7.52. The number of aryl methyl sites for hydroxylation is 1. The lowest BCUT2D eigenvalue weighted by molar-refractivity contribution is 0.103. The minimum Gasteiger partial charge on any atom is -0.494 e. The van der Waals surface area contributed by atoms with Crippen molar-refractivity contribution in [3.8, 4) is 17.7 Å². The topological polar surface area (TPSA) is 92.3 Å². The zero-order valence-corrected chi connectivity index (χ0v) is 17.8. The van der Waals surface area contributed by atoms with Gasteiger partial charge in [0.25, 0.3) is 5.56 Å². The summed E-state index contributed by atoms with van der Waals surface area (Å²) in [5.41, 5.74) is 0.683. The molecule has 0 fully saturated rings. The number of pyridine rings is 1. The van der Waals surface area contributed by atoms with Crippen LogP contribution >= 0.6 is 0 Å². The minimum absolute atomic E-state index is 0.000742. The van der Waals surface area contributed by atoms with Gasteiger partial charge < -0.3 is 9.84 Å². The van der Waals surface area contributed by atoms with Crippen LogP contribution in [0.25, 0.3) is 0 Å². The molecule has 0 aliphatic carbocycles. The molecule has 1 heterocycles. The van der Waals surface area contributed by atoms with Gasteiger partial charge in [-0.1, -0.05) is 30.3 Å². The van der Waals surface area contributed by atoms with E-state index in [1.165, 1.54) is 6.92 Å². The first kappa shape index (κ1) is 21.8. The Morgan fingerprint density at radius 1 is 1.13 bits per heavy atom. The maximum atomic E-state index is 13.2. The monoisotopic (exact) mass is 416 g/mol. The molecule has 158 valence electrons. The Labute approximate surface area is 181 Å². The van der Waals surface area contributed by atoms with Crippen LogP contribution < -0.4 is 10.3 Å². The molecule has 0 aliphatic heterocycles. The van der Waals surface area contributed by atoms with Crippen molar-refractivity contribution >= 4 is 5.78 Å². The van der Waals surface area contributed by atoms with Crippen molar-refractivity contribution in [1.82, 2.24) is 4.57 Å². The van der Waals surface area contributed by atoms with E-state index in [1.54, 1.807) is 24.3 Å². The molecule has 1 aromatic heterocycles.